The fourth-order valence-corrected chi connectivity index (χ4v) is 0.462. The Bertz CT molecular complexity index is 193. The van der Waals surface area contributed by atoms with Crippen molar-refractivity contribution >= 4 is 6.09 Å². The van der Waals surface area contributed by atoms with E-state index in [1.54, 1.807) is 20.8 Å². The molecule has 1 amide bonds. The van der Waals surface area contributed by atoms with E-state index < -0.39 is 11.5 Å². The molecule has 4 heteroatoms. The average molecular weight is 156 g/mol. The summed E-state index contributed by atoms with van der Waals surface area (Å²) in [5.41, 5.74) is -0.654. The van der Waals surface area contributed by atoms with Gasteiger partial charge in [0, 0.05) is 6.04 Å². The van der Waals surface area contributed by atoms with Gasteiger partial charge in [-0.2, -0.15) is 5.26 Å². The van der Waals surface area contributed by atoms with Crippen LogP contribution >= 0.6 is 0 Å². The lowest BCUT2D eigenvalue weighted by molar-refractivity contribution is 0.183. The number of nitriles is 1. The van der Waals surface area contributed by atoms with Gasteiger partial charge in [0.25, 0.3) is 0 Å². The number of hydrogen-bond donors (Lipinski definition) is 2. The number of carbonyl (C=O) groups is 1. The molecule has 1 unspecified atom stereocenters. The van der Waals surface area contributed by atoms with Crippen molar-refractivity contribution in [3.05, 3.63) is 0 Å². The Morgan fingerprint density at radius 2 is 2.18 bits per heavy atom. The molecule has 0 radical (unpaired) electrons. The summed E-state index contributed by atoms with van der Waals surface area (Å²) in [6.07, 6.45) is -1.10. The molecule has 0 heterocycles. The van der Waals surface area contributed by atoms with Gasteiger partial charge in [-0.05, 0) is 20.8 Å². The van der Waals surface area contributed by atoms with Crippen molar-refractivity contribution in [2.24, 2.45) is 5.41 Å². The van der Waals surface area contributed by atoms with E-state index >= 15 is 0 Å². The minimum Gasteiger partial charge on any atom is -0.465 e. The molecule has 4 nitrogen and oxygen atoms in total. The van der Waals surface area contributed by atoms with Gasteiger partial charge in [0.15, 0.2) is 0 Å². The lowest BCUT2D eigenvalue weighted by Gasteiger charge is -2.23. The van der Waals surface area contributed by atoms with Gasteiger partial charge in [-0.15, -0.1) is 0 Å². The van der Waals surface area contributed by atoms with Crippen molar-refractivity contribution in [1.29, 1.82) is 5.26 Å². The van der Waals surface area contributed by atoms with E-state index in [0.29, 0.717) is 0 Å². The van der Waals surface area contributed by atoms with Gasteiger partial charge >= 0.3 is 6.09 Å². The number of nitrogens with one attached hydrogen (secondary N) is 1. The van der Waals surface area contributed by atoms with Crippen LogP contribution in [0.5, 0.6) is 0 Å². The molecule has 0 saturated carbocycles. The summed E-state index contributed by atoms with van der Waals surface area (Å²) in [7, 11) is 0. The van der Waals surface area contributed by atoms with Crippen LogP contribution in [0.25, 0.3) is 0 Å². The van der Waals surface area contributed by atoms with E-state index in [1.165, 1.54) is 0 Å². The standard InChI is InChI=1S/C7H12N2O2/c1-5(9-6(10)11)7(2,3)4-8/h5,9H,1-3H3,(H,10,11). The summed E-state index contributed by atoms with van der Waals surface area (Å²) in [5, 5.41) is 19.1. The Morgan fingerprint density at radius 3 is 2.45 bits per heavy atom. The monoisotopic (exact) mass is 156 g/mol. The summed E-state index contributed by atoms with van der Waals surface area (Å²) >= 11 is 0. The Morgan fingerprint density at radius 1 is 1.73 bits per heavy atom. The molecule has 0 saturated heterocycles. The normalized spacial score (nSPS) is 13.3. The minimum absolute atomic E-state index is 0.356. The molecule has 0 bridgehead atoms. The summed E-state index contributed by atoms with van der Waals surface area (Å²) in [5.74, 6) is 0. The molecular formula is C7H12N2O2. The third kappa shape index (κ3) is 2.89. The quantitative estimate of drug-likeness (QED) is 0.630. The molecule has 62 valence electrons. The van der Waals surface area contributed by atoms with Crippen molar-refractivity contribution in [3.8, 4) is 6.07 Å². The summed E-state index contributed by atoms with van der Waals surface area (Å²) < 4.78 is 0. The van der Waals surface area contributed by atoms with Crippen LogP contribution in [0.1, 0.15) is 20.8 Å². The molecule has 0 aromatic rings. The molecule has 0 aliphatic heterocycles. The first-order chi connectivity index (χ1) is 4.90. The average Bonchev–Trinajstić information content (AvgIpc) is 1.86. The minimum atomic E-state index is -1.10. The smallest absolute Gasteiger partial charge is 0.404 e. The van der Waals surface area contributed by atoms with Gasteiger partial charge in [0.2, 0.25) is 0 Å². The number of hydrogen-bond acceptors (Lipinski definition) is 2. The highest BCUT2D eigenvalue weighted by molar-refractivity contribution is 5.65. The molecule has 11 heavy (non-hydrogen) atoms. The van der Waals surface area contributed by atoms with Crippen LogP contribution in [0.3, 0.4) is 0 Å². The Labute approximate surface area is 65.8 Å². The van der Waals surface area contributed by atoms with Crippen LogP contribution < -0.4 is 5.32 Å². The topological polar surface area (TPSA) is 73.1 Å². The van der Waals surface area contributed by atoms with Gasteiger partial charge in [0.05, 0.1) is 11.5 Å². The maximum absolute atomic E-state index is 10.2. The molecule has 2 N–H and O–H groups in total. The molecule has 0 aliphatic rings. The molecule has 0 spiro atoms. The predicted molar refractivity (Wildman–Crippen MR) is 40.0 cm³/mol. The number of amides is 1. The maximum atomic E-state index is 10.2. The lowest BCUT2D eigenvalue weighted by Crippen LogP contribution is -2.41. The largest absolute Gasteiger partial charge is 0.465 e. The van der Waals surface area contributed by atoms with Gasteiger partial charge in [-0.25, -0.2) is 4.79 Å². The van der Waals surface area contributed by atoms with Gasteiger partial charge in [-0.3, -0.25) is 0 Å². The van der Waals surface area contributed by atoms with E-state index in [1.807, 2.05) is 6.07 Å². The van der Waals surface area contributed by atoms with Crippen molar-refractivity contribution in [1.82, 2.24) is 5.32 Å². The van der Waals surface area contributed by atoms with Gasteiger partial charge in [0.1, 0.15) is 0 Å². The first-order valence-corrected chi connectivity index (χ1v) is 3.31. The zero-order chi connectivity index (χ0) is 9.07. The highest BCUT2D eigenvalue weighted by Crippen LogP contribution is 2.18. The molecule has 0 fully saturated rings. The second-order valence-electron chi connectivity index (χ2n) is 3.00. The van der Waals surface area contributed by atoms with Crippen molar-refractivity contribution in [3.63, 3.8) is 0 Å². The van der Waals surface area contributed by atoms with E-state index in [-0.39, 0.29) is 6.04 Å². The summed E-state index contributed by atoms with van der Waals surface area (Å²) in [6, 6.07) is 1.66. The maximum Gasteiger partial charge on any atom is 0.404 e. The molecule has 0 aromatic heterocycles. The first kappa shape index (κ1) is 9.76. The van der Waals surface area contributed by atoms with Crippen LogP contribution in [0.2, 0.25) is 0 Å². The Kier molecular flexibility index (Phi) is 2.87. The Balaban J connectivity index is 4.15. The van der Waals surface area contributed by atoms with Crippen LogP contribution in [0.15, 0.2) is 0 Å². The molecule has 0 rings (SSSR count). The fraction of sp³-hybridized carbons (Fsp3) is 0.714. The van der Waals surface area contributed by atoms with Crippen LogP contribution in [0, 0.1) is 16.7 Å². The Hall–Kier alpha value is -1.24. The van der Waals surface area contributed by atoms with Crippen molar-refractivity contribution in [2.45, 2.75) is 26.8 Å². The highest BCUT2D eigenvalue weighted by Gasteiger charge is 2.26. The SMILES string of the molecule is CC(NC(=O)O)C(C)(C)C#N. The first-order valence-electron chi connectivity index (χ1n) is 3.31. The number of nitrogens with zero attached hydrogens (tertiary/aromatic N) is 1. The predicted octanol–water partition coefficient (Wildman–Crippen LogP) is 1.19. The lowest BCUT2D eigenvalue weighted by atomic mass is 9.87. The van der Waals surface area contributed by atoms with E-state index in [0.717, 1.165) is 0 Å². The van der Waals surface area contributed by atoms with Gasteiger partial charge < -0.3 is 10.4 Å². The zero-order valence-corrected chi connectivity index (χ0v) is 6.88. The second kappa shape index (κ2) is 3.24. The highest BCUT2D eigenvalue weighted by atomic mass is 16.4. The van der Waals surface area contributed by atoms with E-state index in [9.17, 15) is 4.79 Å². The van der Waals surface area contributed by atoms with Crippen molar-refractivity contribution in [2.75, 3.05) is 0 Å². The molecule has 1 atom stereocenters. The van der Waals surface area contributed by atoms with Crippen LogP contribution in [-0.4, -0.2) is 17.2 Å². The zero-order valence-electron chi connectivity index (χ0n) is 6.88. The molecular weight excluding hydrogens is 144 g/mol. The second-order valence-corrected chi connectivity index (χ2v) is 3.00. The number of carboxylic acid groups (broad SMARTS) is 1. The summed E-state index contributed by atoms with van der Waals surface area (Å²) in [6.45, 7) is 5.04. The number of rotatable bonds is 2. The molecule has 0 aliphatic carbocycles. The fourth-order valence-electron chi connectivity index (χ4n) is 0.462. The van der Waals surface area contributed by atoms with E-state index in [2.05, 4.69) is 5.32 Å². The molecule has 0 aromatic carbocycles. The van der Waals surface area contributed by atoms with Crippen molar-refractivity contribution < 1.29 is 9.90 Å². The summed E-state index contributed by atoms with van der Waals surface area (Å²) in [4.78, 5) is 10.2. The van der Waals surface area contributed by atoms with E-state index in [4.69, 9.17) is 10.4 Å². The van der Waals surface area contributed by atoms with Crippen LogP contribution in [-0.2, 0) is 0 Å². The third-order valence-electron chi connectivity index (χ3n) is 1.71. The van der Waals surface area contributed by atoms with Crippen LogP contribution in [0.4, 0.5) is 4.79 Å². The third-order valence-corrected chi connectivity index (χ3v) is 1.71. The van der Waals surface area contributed by atoms with Gasteiger partial charge in [-0.1, -0.05) is 0 Å².